The summed E-state index contributed by atoms with van der Waals surface area (Å²) < 4.78 is 44.7. The fraction of sp³-hybridized carbons (Fsp3) is 0.350. The number of nitrogens with zero attached hydrogens (tertiary/aromatic N) is 1. The molecule has 0 radical (unpaired) electrons. The van der Waals surface area contributed by atoms with Crippen molar-refractivity contribution < 1.29 is 27.8 Å². The minimum atomic E-state index is -0.848. The van der Waals surface area contributed by atoms with Crippen LogP contribution in [0.15, 0.2) is 36.4 Å². The fourth-order valence-electron chi connectivity index (χ4n) is 3.50. The van der Waals surface area contributed by atoms with Crippen molar-refractivity contribution >= 4 is 5.91 Å². The van der Waals surface area contributed by atoms with E-state index >= 15 is 0 Å². The molecule has 2 aromatic carbocycles. The summed E-state index contributed by atoms with van der Waals surface area (Å²) in [6, 6.07) is 8.49. The Kier molecular flexibility index (Phi) is 4.47. The van der Waals surface area contributed by atoms with Crippen LogP contribution in [0.25, 0.3) is 0 Å². The first-order valence-electron chi connectivity index (χ1n) is 8.74. The minimum absolute atomic E-state index is 0.261. The molecule has 0 saturated carbocycles. The van der Waals surface area contributed by atoms with Crippen molar-refractivity contribution in [1.29, 1.82) is 0 Å². The van der Waals surface area contributed by atoms with E-state index in [1.165, 1.54) is 4.90 Å². The van der Waals surface area contributed by atoms with E-state index in [2.05, 4.69) is 0 Å². The van der Waals surface area contributed by atoms with Gasteiger partial charge in [0.2, 0.25) is 5.79 Å². The predicted octanol–water partition coefficient (Wildman–Crippen LogP) is 3.51. The maximum atomic E-state index is 13.9. The van der Waals surface area contributed by atoms with E-state index in [0.717, 1.165) is 23.8 Å². The van der Waals surface area contributed by atoms with Crippen LogP contribution in [-0.4, -0.2) is 36.8 Å². The Morgan fingerprint density at radius 1 is 1.19 bits per heavy atom. The van der Waals surface area contributed by atoms with Gasteiger partial charge in [-0.1, -0.05) is 12.1 Å². The smallest absolute Gasteiger partial charge is 0.256 e. The van der Waals surface area contributed by atoms with Gasteiger partial charge in [-0.15, -0.1) is 0 Å². The van der Waals surface area contributed by atoms with Crippen LogP contribution < -0.4 is 9.47 Å². The number of benzene rings is 2. The lowest BCUT2D eigenvalue weighted by atomic mass is 10.00. The third-order valence-corrected chi connectivity index (χ3v) is 5.03. The number of carbonyl (C=O) groups excluding carboxylic acids is 1. The maximum absolute atomic E-state index is 13.9. The molecule has 0 bridgehead atoms. The Bertz CT molecular complexity index is 864. The van der Waals surface area contributed by atoms with Crippen LogP contribution >= 0.6 is 0 Å². The van der Waals surface area contributed by atoms with Crippen molar-refractivity contribution in [1.82, 2.24) is 4.90 Å². The van der Waals surface area contributed by atoms with E-state index in [4.69, 9.17) is 14.2 Å². The van der Waals surface area contributed by atoms with Crippen LogP contribution in [0, 0.1) is 11.6 Å². The molecule has 1 amide bonds. The summed E-state index contributed by atoms with van der Waals surface area (Å²) in [5, 5.41) is 0. The molecular weight excluding hydrogens is 356 g/mol. The van der Waals surface area contributed by atoms with Crippen LogP contribution in [0.2, 0.25) is 0 Å². The Morgan fingerprint density at radius 3 is 2.70 bits per heavy atom. The lowest BCUT2D eigenvalue weighted by Gasteiger charge is -2.44. The molecule has 4 rings (SSSR count). The van der Waals surface area contributed by atoms with Gasteiger partial charge < -0.3 is 19.1 Å². The van der Waals surface area contributed by atoms with Gasteiger partial charge in [0.15, 0.2) is 11.5 Å². The lowest BCUT2D eigenvalue weighted by Crippen LogP contribution is -2.52. The second-order valence-electron chi connectivity index (χ2n) is 6.67. The second kappa shape index (κ2) is 6.81. The van der Waals surface area contributed by atoms with E-state index in [1.807, 2.05) is 18.2 Å². The van der Waals surface area contributed by atoms with Crippen LogP contribution in [0.4, 0.5) is 8.78 Å². The summed E-state index contributed by atoms with van der Waals surface area (Å²) >= 11 is 0. The fourth-order valence-corrected chi connectivity index (χ4v) is 3.50. The number of hydrogen-bond donors (Lipinski definition) is 0. The topological polar surface area (TPSA) is 48.0 Å². The molecule has 5 nitrogen and oxygen atoms in total. The van der Waals surface area contributed by atoms with E-state index in [1.54, 1.807) is 7.11 Å². The zero-order valence-corrected chi connectivity index (χ0v) is 14.8. The van der Waals surface area contributed by atoms with Crippen molar-refractivity contribution in [3.05, 3.63) is 59.2 Å². The van der Waals surface area contributed by atoms with Gasteiger partial charge >= 0.3 is 0 Å². The summed E-state index contributed by atoms with van der Waals surface area (Å²) in [4.78, 5) is 14.1. The first kappa shape index (κ1) is 17.7. The van der Waals surface area contributed by atoms with E-state index in [0.29, 0.717) is 44.0 Å². The number of para-hydroxylation sites is 1. The third kappa shape index (κ3) is 3.23. The van der Waals surface area contributed by atoms with Crippen molar-refractivity contribution in [3.63, 3.8) is 0 Å². The molecule has 2 aliphatic heterocycles. The molecule has 27 heavy (non-hydrogen) atoms. The molecule has 2 aliphatic rings. The standard InChI is InChI=1S/C20H19F2NO4/c1-25-17-4-2-3-13-12-26-20(27-18(13)17)7-9-23(10-8-20)19(24)15-11-14(21)5-6-16(15)22/h2-6,11H,7-10,12H2,1H3. The van der Waals surface area contributed by atoms with Crippen LogP contribution in [0.5, 0.6) is 11.5 Å². The molecule has 2 aromatic rings. The number of likely N-dealkylation sites (tertiary alicyclic amines) is 1. The highest BCUT2D eigenvalue weighted by molar-refractivity contribution is 5.94. The number of methoxy groups -OCH3 is 1. The van der Waals surface area contributed by atoms with Gasteiger partial charge in [-0.25, -0.2) is 8.78 Å². The van der Waals surface area contributed by atoms with Gasteiger partial charge in [-0.05, 0) is 24.3 Å². The monoisotopic (exact) mass is 375 g/mol. The van der Waals surface area contributed by atoms with Gasteiger partial charge in [0, 0.05) is 31.5 Å². The number of carbonyl (C=O) groups is 1. The van der Waals surface area contributed by atoms with Crippen molar-refractivity contribution in [3.8, 4) is 11.5 Å². The molecular formula is C20H19F2NO4. The lowest BCUT2D eigenvalue weighted by molar-refractivity contribution is -0.226. The highest BCUT2D eigenvalue weighted by Crippen LogP contribution is 2.42. The summed E-state index contributed by atoms with van der Waals surface area (Å²) in [6.07, 6.45) is 0.848. The van der Waals surface area contributed by atoms with Crippen molar-refractivity contribution in [2.45, 2.75) is 25.2 Å². The first-order valence-corrected chi connectivity index (χ1v) is 8.74. The first-order chi connectivity index (χ1) is 13.0. The molecule has 142 valence electrons. The summed E-state index contributed by atoms with van der Waals surface area (Å²) in [5.74, 6) is -1.46. The van der Waals surface area contributed by atoms with Gasteiger partial charge in [0.05, 0.1) is 19.3 Å². The number of hydrogen-bond acceptors (Lipinski definition) is 4. The largest absolute Gasteiger partial charge is 0.493 e. The van der Waals surface area contributed by atoms with Gasteiger partial charge in [-0.2, -0.15) is 0 Å². The van der Waals surface area contributed by atoms with E-state index < -0.39 is 23.3 Å². The Hall–Kier alpha value is -2.67. The average Bonchev–Trinajstić information content (AvgIpc) is 2.69. The van der Waals surface area contributed by atoms with Crippen molar-refractivity contribution in [2.75, 3.05) is 20.2 Å². The van der Waals surface area contributed by atoms with Crippen LogP contribution in [-0.2, 0) is 11.3 Å². The number of amides is 1. The van der Waals surface area contributed by atoms with Crippen LogP contribution in [0.1, 0.15) is 28.8 Å². The van der Waals surface area contributed by atoms with Crippen molar-refractivity contribution in [2.24, 2.45) is 0 Å². The highest BCUT2D eigenvalue weighted by Gasteiger charge is 2.43. The number of ether oxygens (including phenoxy) is 3. The Labute approximate surface area is 155 Å². The van der Waals surface area contributed by atoms with E-state index in [9.17, 15) is 13.6 Å². The third-order valence-electron chi connectivity index (χ3n) is 5.03. The average molecular weight is 375 g/mol. The predicted molar refractivity (Wildman–Crippen MR) is 92.6 cm³/mol. The zero-order valence-electron chi connectivity index (χ0n) is 14.8. The number of fused-ring (bicyclic) bond motifs is 1. The quantitative estimate of drug-likeness (QED) is 0.806. The van der Waals surface area contributed by atoms with Gasteiger partial charge in [0.25, 0.3) is 5.91 Å². The molecule has 1 fully saturated rings. The molecule has 0 N–H and O–H groups in total. The molecule has 0 aromatic heterocycles. The van der Waals surface area contributed by atoms with E-state index in [-0.39, 0.29) is 5.56 Å². The maximum Gasteiger partial charge on any atom is 0.256 e. The number of piperidine rings is 1. The second-order valence-corrected chi connectivity index (χ2v) is 6.67. The Morgan fingerprint density at radius 2 is 1.96 bits per heavy atom. The number of halogens is 2. The van der Waals surface area contributed by atoms with Crippen LogP contribution in [0.3, 0.4) is 0 Å². The molecule has 0 unspecified atom stereocenters. The molecule has 7 heteroatoms. The SMILES string of the molecule is COc1cccc2c1OC1(CCN(C(=O)c3cc(F)ccc3F)CC1)OC2. The molecule has 2 heterocycles. The summed E-state index contributed by atoms with van der Waals surface area (Å²) in [7, 11) is 1.58. The normalized spacial score (nSPS) is 18.0. The molecule has 0 atom stereocenters. The number of rotatable bonds is 2. The van der Waals surface area contributed by atoms with Gasteiger partial charge in [0.1, 0.15) is 11.6 Å². The summed E-state index contributed by atoms with van der Waals surface area (Å²) in [6.45, 7) is 1.03. The summed E-state index contributed by atoms with van der Waals surface area (Å²) in [5.41, 5.74) is 0.642. The minimum Gasteiger partial charge on any atom is -0.493 e. The molecule has 0 aliphatic carbocycles. The Balaban J connectivity index is 1.49. The van der Waals surface area contributed by atoms with Gasteiger partial charge in [-0.3, -0.25) is 4.79 Å². The molecule has 1 saturated heterocycles. The molecule has 1 spiro atoms. The highest BCUT2D eigenvalue weighted by atomic mass is 19.1. The zero-order chi connectivity index (χ0) is 19.0.